The maximum atomic E-state index is 15.0. The minimum atomic E-state index is -0.616. The van der Waals surface area contributed by atoms with Gasteiger partial charge in [-0.1, -0.05) is 23.7 Å². The maximum absolute atomic E-state index is 15.0. The second-order valence-electron chi connectivity index (χ2n) is 8.28. The highest BCUT2D eigenvalue weighted by atomic mass is 19.1. The molecule has 1 N–H and O–H groups in total. The molecule has 0 unspecified atom stereocenters. The van der Waals surface area contributed by atoms with E-state index >= 15 is 4.39 Å². The van der Waals surface area contributed by atoms with E-state index in [9.17, 15) is 4.39 Å². The Labute approximate surface area is 197 Å². The Balaban J connectivity index is 2.37. The van der Waals surface area contributed by atoms with Crippen molar-refractivity contribution in [2.75, 3.05) is 27.2 Å². The summed E-state index contributed by atoms with van der Waals surface area (Å²) in [7, 11) is 5.54. The molecule has 1 aliphatic heterocycles. The van der Waals surface area contributed by atoms with Crippen molar-refractivity contribution in [3.05, 3.63) is 75.1 Å². The van der Waals surface area contributed by atoms with Gasteiger partial charge in [-0.3, -0.25) is 4.99 Å². The first-order valence-corrected chi connectivity index (χ1v) is 11.1. The van der Waals surface area contributed by atoms with Crippen LogP contribution in [0.3, 0.4) is 0 Å². The third-order valence-corrected chi connectivity index (χ3v) is 5.86. The van der Waals surface area contributed by atoms with Crippen molar-refractivity contribution in [3.8, 4) is 6.57 Å². The smallest absolute Gasteiger partial charge is 0.349 e. The van der Waals surface area contributed by atoms with Gasteiger partial charge in [-0.15, -0.1) is 0 Å². The summed E-state index contributed by atoms with van der Waals surface area (Å²) in [5.74, 6) is -1.19. The molecule has 0 saturated carbocycles. The number of aliphatic imine (C=N–C) groups is 1. The number of rotatable bonds is 8. The van der Waals surface area contributed by atoms with E-state index in [1.54, 1.807) is 26.1 Å². The topological polar surface area (TPSA) is 32.0 Å². The number of hydrogen-bond donors (Lipinski definition) is 1. The first-order valence-electron chi connectivity index (χ1n) is 11.1. The van der Waals surface area contributed by atoms with Gasteiger partial charge < -0.3 is 10.2 Å². The van der Waals surface area contributed by atoms with Gasteiger partial charge in [0.05, 0.1) is 0 Å². The fourth-order valence-corrected chi connectivity index (χ4v) is 3.78. The van der Waals surface area contributed by atoms with E-state index in [4.69, 9.17) is 6.57 Å². The Bertz CT molecular complexity index is 1040. The van der Waals surface area contributed by atoms with Crippen LogP contribution < -0.4 is 5.32 Å². The lowest BCUT2D eigenvalue weighted by Crippen LogP contribution is -2.41. The minimum absolute atomic E-state index is 0.00730. The van der Waals surface area contributed by atoms with Crippen LogP contribution in [0.1, 0.15) is 44.7 Å². The van der Waals surface area contributed by atoms with Crippen molar-refractivity contribution in [2.24, 2.45) is 4.99 Å². The second-order valence-corrected chi connectivity index (χ2v) is 8.28. The SMILES string of the molecule is C#[N+]/C(=C\C([B]C(=C)N(C)C1CCNCC1)=C(C)C)c1cc(F)c(/C(C=NC)=C/C)cc1F. The van der Waals surface area contributed by atoms with Gasteiger partial charge in [-0.05, 0) is 74.8 Å². The van der Waals surface area contributed by atoms with Crippen LogP contribution in [0.2, 0.25) is 0 Å². The quantitative estimate of drug-likeness (QED) is 0.321. The summed E-state index contributed by atoms with van der Waals surface area (Å²) in [6.45, 7) is 17.4. The van der Waals surface area contributed by atoms with Crippen molar-refractivity contribution in [1.82, 2.24) is 10.2 Å². The fraction of sp³-hybridized carbons (Fsp3) is 0.385. The summed E-state index contributed by atoms with van der Waals surface area (Å²) in [5.41, 5.74) is 3.37. The van der Waals surface area contributed by atoms with Crippen LogP contribution in [0.25, 0.3) is 16.1 Å². The minimum Gasteiger partial charge on any atom is -0.383 e. The molecule has 7 heteroatoms. The van der Waals surface area contributed by atoms with Crippen LogP contribution in [-0.4, -0.2) is 51.6 Å². The molecule has 4 nitrogen and oxygen atoms in total. The summed E-state index contributed by atoms with van der Waals surface area (Å²) in [4.78, 5) is 9.83. The zero-order chi connectivity index (χ0) is 24.5. The first-order chi connectivity index (χ1) is 15.7. The molecule has 0 amide bonds. The Kier molecular flexibility index (Phi) is 9.81. The molecule has 2 rings (SSSR count). The molecule has 1 radical (unpaired) electrons. The van der Waals surface area contributed by atoms with E-state index in [1.165, 1.54) is 6.21 Å². The third-order valence-electron chi connectivity index (χ3n) is 5.86. The maximum Gasteiger partial charge on any atom is 0.349 e. The average molecular weight is 450 g/mol. The van der Waals surface area contributed by atoms with Crippen LogP contribution in [-0.2, 0) is 0 Å². The van der Waals surface area contributed by atoms with Crippen molar-refractivity contribution in [1.29, 1.82) is 0 Å². The summed E-state index contributed by atoms with van der Waals surface area (Å²) in [5, 5.41) is 3.36. The van der Waals surface area contributed by atoms with Crippen molar-refractivity contribution in [3.63, 3.8) is 0 Å². The van der Waals surface area contributed by atoms with Gasteiger partial charge in [0.2, 0.25) is 7.28 Å². The molecule has 0 aromatic heterocycles. The van der Waals surface area contributed by atoms with Crippen molar-refractivity contribution >= 4 is 24.8 Å². The lowest BCUT2D eigenvalue weighted by Gasteiger charge is -2.34. The average Bonchev–Trinajstić information content (AvgIpc) is 2.81. The number of piperidine rings is 1. The predicted molar refractivity (Wildman–Crippen MR) is 138 cm³/mol. The first kappa shape index (κ1) is 26.3. The van der Waals surface area contributed by atoms with Crippen LogP contribution in [0, 0.1) is 18.2 Å². The molecular formula is C26H33BF2N4+. The third kappa shape index (κ3) is 6.75. The zero-order valence-electron chi connectivity index (χ0n) is 20.3. The van der Waals surface area contributed by atoms with E-state index in [1.807, 2.05) is 28.2 Å². The summed E-state index contributed by atoms with van der Waals surface area (Å²) >= 11 is 0. The van der Waals surface area contributed by atoms with Gasteiger partial charge in [0.25, 0.3) is 6.57 Å². The highest BCUT2D eigenvalue weighted by molar-refractivity contribution is 6.54. The van der Waals surface area contributed by atoms with Crippen LogP contribution in [0.15, 0.2) is 52.5 Å². The summed E-state index contributed by atoms with van der Waals surface area (Å²) in [6.07, 6.45) is 6.91. The molecule has 0 spiro atoms. The Hall–Kier alpha value is -2.98. The van der Waals surface area contributed by atoms with Gasteiger partial charge in [0.15, 0.2) is 0 Å². The number of halogens is 2. The molecule has 1 fully saturated rings. The number of nitrogens with one attached hydrogen (secondary N) is 1. The normalized spacial score (nSPS) is 15.3. The Morgan fingerprint density at radius 3 is 2.39 bits per heavy atom. The molecule has 0 aliphatic carbocycles. The van der Waals surface area contributed by atoms with Crippen molar-refractivity contribution in [2.45, 2.75) is 39.7 Å². The van der Waals surface area contributed by atoms with Crippen LogP contribution in [0.4, 0.5) is 8.78 Å². The second kappa shape index (κ2) is 12.3. The summed E-state index contributed by atoms with van der Waals surface area (Å²) < 4.78 is 29.9. The van der Waals surface area contributed by atoms with Crippen LogP contribution >= 0.6 is 0 Å². The molecule has 33 heavy (non-hydrogen) atoms. The molecule has 1 aromatic rings. The summed E-state index contributed by atoms with van der Waals surface area (Å²) in [6, 6.07) is 2.68. The van der Waals surface area contributed by atoms with Crippen molar-refractivity contribution < 1.29 is 8.78 Å². The molecule has 1 aliphatic rings. The van der Waals surface area contributed by atoms with Gasteiger partial charge in [-0.2, -0.15) is 0 Å². The fourth-order valence-electron chi connectivity index (χ4n) is 3.78. The Morgan fingerprint density at radius 2 is 1.85 bits per heavy atom. The molecule has 0 atom stereocenters. The number of benzene rings is 1. The zero-order valence-corrected chi connectivity index (χ0v) is 20.3. The van der Waals surface area contributed by atoms with E-state index in [-0.39, 0.29) is 16.8 Å². The van der Waals surface area contributed by atoms with E-state index in [2.05, 4.69) is 26.6 Å². The van der Waals surface area contributed by atoms with Gasteiger partial charge in [0, 0.05) is 38.0 Å². The lowest BCUT2D eigenvalue weighted by atomic mass is 9.63. The lowest BCUT2D eigenvalue weighted by molar-refractivity contribution is 0.257. The molecule has 1 heterocycles. The monoisotopic (exact) mass is 450 g/mol. The van der Waals surface area contributed by atoms with E-state index < -0.39 is 11.6 Å². The van der Waals surface area contributed by atoms with Crippen LogP contribution in [0.5, 0.6) is 0 Å². The highest BCUT2D eigenvalue weighted by Crippen LogP contribution is 2.28. The molecule has 1 aromatic carbocycles. The van der Waals surface area contributed by atoms with Gasteiger partial charge in [0.1, 0.15) is 17.2 Å². The Morgan fingerprint density at radius 1 is 1.24 bits per heavy atom. The van der Waals surface area contributed by atoms with E-state index in [0.29, 0.717) is 11.6 Å². The number of hydrogen-bond acceptors (Lipinski definition) is 3. The number of nitrogens with zero attached hydrogens (tertiary/aromatic N) is 3. The highest BCUT2D eigenvalue weighted by Gasteiger charge is 2.23. The largest absolute Gasteiger partial charge is 0.383 e. The van der Waals surface area contributed by atoms with E-state index in [0.717, 1.165) is 54.7 Å². The van der Waals surface area contributed by atoms with Gasteiger partial charge in [-0.25, -0.2) is 8.78 Å². The number of allylic oxidation sites excluding steroid dienone is 5. The predicted octanol–water partition coefficient (Wildman–Crippen LogP) is 5.53. The van der Waals surface area contributed by atoms with Gasteiger partial charge >= 0.3 is 5.70 Å². The molecule has 0 bridgehead atoms. The molecular weight excluding hydrogens is 417 g/mol. The standard InChI is InChI=1S/C26H33BF2N4/c1-8-19(16-30-5)21-13-25(29)22(14-24(21)28)26(31-6)15-23(17(2)3)27-18(4)33(7)20-9-11-32-12-10-20/h6,8,13-16,20,32H,4,9-12H2,1-3,5,7H3/q+1/b19-8+,26-15-,30-16?. The molecule has 1 saturated heterocycles. The molecule has 173 valence electrons.